The second-order valence-corrected chi connectivity index (χ2v) is 5.99. The lowest BCUT2D eigenvalue weighted by Crippen LogP contribution is -2.51. The number of hydrogen-bond donors (Lipinski definition) is 1. The Balaban J connectivity index is 1.89. The maximum atomic E-state index is 3.51. The molecule has 2 nitrogen and oxygen atoms in total. The van der Waals surface area contributed by atoms with E-state index in [-0.39, 0.29) is 0 Å². The van der Waals surface area contributed by atoms with Gasteiger partial charge >= 0.3 is 0 Å². The Labute approximate surface area is 107 Å². The van der Waals surface area contributed by atoms with Gasteiger partial charge in [0.25, 0.3) is 0 Å². The molecule has 0 aromatic carbocycles. The summed E-state index contributed by atoms with van der Waals surface area (Å²) in [6, 6.07) is 1.67. The normalized spacial score (nSPS) is 33.5. The first-order valence-electron chi connectivity index (χ1n) is 7.76. The van der Waals surface area contributed by atoms with Crippen molar-refractivity contribution in [3.63, 3.8) is 0 Å². The highest BCUT2D eigenvalue weighted by Crippen LogP contribution is 2.27. The zero-order valence-corrected chi connectivity index (χ0v) is 11.8. The Morgan fingerprint density at radius 1 is 1.06 bits per heavy atom. The van der Waals surface area contributed by atoms with E-state index < -0.39 is 0 Å². The van der Waals surface area contributed by atoms with Crippen LogP contribution < -0.4 is 5.32 Å². The monoisotopic (exact) mass is 238 g/mol. The number of likely N-dealkylation sites (tertiary alicyclic amines) is 1. The first-order chi connectivity index (χ1) is 8.35. The van der Waals surface area contributed by atoms with Gasteiger partial charge in [-0.3, -0.25) is 4.90 Å². The second kappa shape index (κ2) is 6.75. The molecule has 2 unspecified atom stereocenters. The van der Waals surface area contributed by atoms with Gasteiger partial charge in [-0.1, -0.05) is 39.0 Å². The highest BCUT2D eigenvalue weighted by Gasteiger charge is 2.30. The molecule has 1 saturated heterocycles. The van der Waals surface area contributed by atoms with Gasteiger partial charge in [-0.25, -0.2) is 0 Å². The van der Waals surface area contributed by atoms with Gasteiger partial charge in [0.15, 0.2) is 0 Å². The minimum Gasteiger partial charge on any atom is -0.317 e. The van der Waals surface area contributed by atoms with E-state index in [1.165, 1.54) is 64.5 Å². The molecule has 1 heterocycles. The number of hydrogen-bond acceptors (Lipinski definition) is 2. The molecule has 0 aromatic heterocycles. The number of nitrogens with one attached hydrogen (secondary N) is 1. The van der Waals surface area contributed by atoms with Gasteiger partial charge in [-0.05, 0) is 38.8 Å². The van der Waals surface area contributed by atoms with Crippen molar-refractivity contribution in [3.8, 4) is 0 Å². The van der Waals surface area contributed by atoms with E-state index in [2.05, 4.69) is 24.2 Å². The molecular weight excluding hydrogens is 208 g/mol. The van der Waals surface area contributed by atoms with Gasteiger partial charge in [-0.2, -0.15) is 0 Å². The number of nitrogens with zero attached hydrogens (tertiary/aromatic N) is 1. The summed E-state index contributed by atoms with van der Waals surface area (Å²) in [5.41, 5.74) is 0. The van der Waals surface area contributed by atoms with Crippen LogP contribution in [0.15, 0.2) is 0 Å². The average Bonchev–Trinajstić information content (AvgIpc) is 2.66. The fraction of sp³-hybridized carbons (Fsp3) is 1.00. The molecule has 1 saturated carbocycles. The van der Waals surface area contributed by atoms with Crippen molar-refractivity contribution in [2.24, 2.45) is 5.92 Å². The quantitative estimate of drug-likeness (QED) is 0.760. The van der Waals surface area contributed by atoms with Gasteiger partial charge in [0.05, 0.1) is 0 Å². The van der Waals surface area contributed by atoms with Gasteiger partial charge in [0.1, 0.15) is 0 Å². The molecule has 100 valence electrons. The molecule has 2 atom stereocenters. The highest BCUT2D eigenvalue weighted by atomic mass is 15.2. The zero-order chi connectivity index (χ0) is 12.1. The summed E-state index contributed by atoms with van der Waals surface area (Å²) in [7, 11) is 2.13. The predicted molar refractivity (Wildman–Crippen MR) is 74.3 cm³/mol. The summed E-state index contributed by atoms with van der Waals surface area (Å²) in [5, 5.41) is 3.51. The predicted octanol–water partition coefficient (Wildman–Crippen LogP) is 3.03. The molecule has 2 aliphatic rings. The minimum absolute atomic E-state index is 0.766. The Kier molecular flexibility index (Phi) is 5.30. The number of rotatable bonds is 3. The number of piperidine rings is 1. The topological polar surface area (TPSA) is 15.3 Å². The van der Waals surface area contributed by atoms with Crippen LogP contribution in [0, 0.1) is 5.92 Å². The van der Waals surface area contributed by atoms with Crippen molar-refractivity contribution in [2.45, 2.75) is 70.4 Å². The van der Waals surface area contributed by atoms with Crippen LogP contribution in [0.3, 0.4) is 0 Å². The van der Waals surface area contributed by atoms with Crippen LogP contribution in [0.25, 0.3) is 0 Å². The van der Waals surface area contributed by atoms with Crippen LogP contribution in [0.4, 0.5) is 0 Å². The van der Waals surface area contributed by atoms with Crippen molar-refractivity contribution in [1.82, 2.24) is 10.2 Å². The molecule has 17 heavy (non-hydrogen) atoms. The molecule has 1 aliphatic heterocycles. The maximum Gasteiger partial charge on any atom is 0.0117 e. The molecule has 2 fully saturated rings. The van der Waals surface area contributed by atoms with Gasteiger partial charge in [0.2, 0.25) is 0 Å². The van der Waals surface area contributed by atoms with Crippen molar-refractivity contribution in [3.05, 3.63) is 0 Å². The van der Waals surface area contributed by atoms with Crippen molar-refractivity contribution in [2.75, 3.05) is 20.1 Å². The molecule has 0 spiro atoms. The molecule has 2 rings (SSSR count). The summed E-state index contributed by atoms with van der Waals surface area (Å²) in [4.78, 5) is 2.81. The molecule has 1 N–H and O–H groups in total. The second-order valence-electron chi connectivity index (χ2n) is 5.99. The van der Waals surface area contributed by atoms with Crippen molar-refractivity contribution < 1.29 is 0 Å². The average molecular weight is 238 g/mol. The fourth-order valence-corrected chi connectivity index (χ4v) is 3.81. The lowest BCUT2D eigenvalue weighted by atomic mass is 9.88. The Morgan fingerprint density at radius 3 is 2.35 bits per heavy atom. The third-order valence-corrected chi connectivity index (χ3v) is 5.00. The van der Waals surface area contributed by atoms with E-state index in [1.54, 1.807) is 0 Å². The smallest absolute Gasteiger partial charge is 0.0117 e. The summed E-state index contributed by atoms with van der Waals surface area (Å²) in [6.45, 7) is 5.02. The van der Waals surface area contributed by atoms with Gasteiger partial charge in [0, 0.05) is 18.6 Å². The molecule has 0 aromatic rings. The SMILES string of the molecule is CCC1CN(C2CCCCCC2)CCC1NC. The molecule has 0 bridgehead atoms. The Bertz CT molecular complexity index is 209. The van der Waals surface area contributed by atoms with E-state index in [1.807, 2.05) is 0 Å². The molecule has 0 radical (unpaired) electrons. The minimum atomic E-state index is 0.766. The molecule has 2 heteroatoms. The first-order valence-corrected chi connectivity index (χ1v) is 7.76. The van der Waals surface area contributed by atoms with Gasteiger partial charge in [-0.15, -0.1) is 0 Å². The Morgan fingerprint density at radius 2 is 1.76 bits per heavy atom. The van der Waals surface area contributed by atoms with Crippen LogP contribution in [-0.4, -0.2) is 37.1 Å². The van der Waals surface area contributed by atoms with E-state index >= 15 is 0 Å². The summed E-state index contributed by atoms with van der Waals surface area (Å²) >= 11 is 0. The van der Waals surface area contributed by atoms with Gasteiger partial charge < -0.3 is 5.32 Å². The third-order valence-electron chi connectivity index (χ3n) is 5.00. The molecule has 0 amide bonds. The standard InChI is InChI=1S/C15H30N2/c1-3-13-12-17(11-10-15(13)16-2)14-8-6-4-5-7-9-14/h13-16H,3-12H2,1-2H3. The lowest BCUT2D eigenvalue weighted by Gasteiger charge is -2.42. The molecule has 1 aliphatic carbocycles. The maximum absolute atomic E-state index is 3.51. The Hall–Kier alpha value is -0.0800. The van der Waals surface area contributed by atoms with Crippen LogP contribution >= 0.6 is 0 Å². The highest BCUT2D eigenvalue weighted by molar-refractivity contribution is 4.87. The summed E-state index contributed by atoms with van der Waals surface area (Å²) in [6.07, 6.45) is 11.5. The lowest BCUT2D eigenvalue weighted by molar-refractivity contribution is 0.0889. The summed E-state index contributed by atoms with van der Waals surface area (Å²) in [5.74, 6) is 0.872. The fourth-order valence-electron chi connectivity index (χ4n) is 3.81. The van der Waals surface area contributed by atoms with Crippen LogP contribution in [0.5, 0.6) is 0 Å². The largest absolute Gasteiger partial charge is 0.317 e. The van der Waals surface area contributed by atoms with Crippen molar-refractivity contribution >= 4 is 0 Å². The van der Waals surface area contributed by atoms with Crippen LogP contribution in [0.1, 0.15) is 58.3 Å². The first kappa shape index (κ1) is 13.4. The summed E-state index contributed by atoms with van der Waals surface area (Å²) < 4.78 is 0. The van der Waals surface area contributed by atoms with Crippen LogP contribution in [-0.2, 0) is 0 Å². The van der Waals surface area contributed by atoms with E-state index in [9.17, 15) is 0 Å². The zero-order valence-electron chi connectivity index (χ0n) is 11.8. The van der Waals surface area contributed by atoms with Crippen molar-refractivity contribution in [1.29, 1.82) is 0 Å². The van der Waals surface area contributed by atoms with E-state index in [0.717, 1.165) is 18.0 Å². The third kappa shape index (κ3) is 3.45. The van der Waals surface area contributed by atoms with E-state index in [0.29, 0.717) is 0 Å². The molecular formula is C15H30N2. The van der Waals surface area contributed by atoms with Crippen LogP contribution in [0.2, 0.25) is 0 Å². The van der Waals surface area contributed by atoms with E-state index in [4.69, 9.17) is 0 Å².